The van der Waals surface area contributed by atoms with Crippen molar-refractivity contribution in [1.82, 2.24) is 9.97 Å². The van der Waals surface area contributed by atoms with Gasteiger partial charge in [-0.05, 0) is 0 Å². The summed E-state index contributed by atoms with van der Waals surface area (Å²) in [6.45, 7) is 0. The molecule has 1 heterocycles. The van der Waals surface area contributed by atoms with Gasteiger partial charge in [0.15, 0.2) is 5.82 Å². The maximum Gasteiger partial charge on any atom is 0.250 e. The first-order chi connectivity index (χ1) is 8.93. The van der Waals surface area contributed by atoms with Gasteiger partial charge in [0.25, 0.3) is 0 Å². The third-order valence-corrected chi connectivity index (χ3v) is 2.86. The van der Waals surface area contributed by atoms with E-state index in [4.69, 9.17) is 45.8 Å². The largest absolute Gasteiger partial charge is 0.382 e. The Labute approximate surface area is 124 Å². The van der Waals surface area contributed by atoms with Crippen LogP contribution in [-0.2, 0) is 3.79 Å². The third kappa shape index (κ3) is 2.90. The number of nitrogens with zero attached hydrogens (tertiary/aromatic N) is 3. The summed E-state index contributed by atoms with van der Waals surface area (Å²) in [5.74, 6) is -0.0782. The molecular weight excluding hydrogens is 307 g/mol. The molecule has 0 aliphatic heterocycles. The number of nitrogens with two attached hydrogens (primary N) is 1. The molecule has 96 valence electrons. The number of aromatic nitrogens is 2. The molecular formula is C12H7Cl3N4. The second-order valence-corrected chi connectivity index (χ2v) is 5.91. The predicted molar refractivity (Wildman–Crippen MR) is 75.8 cm³/mol. The molecule has 1 aromatic carbocycles. The quantitative estimate of drug-likeness (QED) is 0.818. The van der Waals surface area contributed by atoms with Crippen LogP contribution in [0.4, 0.5) is 5.82 Å². The van der Waals surface area contributed by atoms with Gasteiger partial charge >= 0.3 is 0 Å². The maximum absolute atomic E-state index is 9.15. The molecule has 0 saturated carbocycles. The van der Waals surface area contributed by atoms with Crippen molar-refractivity contribution >= 4 is 40.6 Å². The van der Waals surface area contributed by atoms with Gasteiger partial charge < -0.3 is 5.73 Å². The molecule has 1 aromatic heterocycles. The molecule has 19 heavy (non-hydrogen) atoms. The Kier molecular flexibility index (Phi) is 3.81. The fourth-order valence-electron chi connectivity index (χ4n) is 1.52. The Morgan fingerprint density at radius 1 is 1.11 bits per heavy atom. The first kappa shape index (κ1) is 13.9. The lowest BCUT2D eigenvalue weighted by Gasteiger charge is -2.13. The van der Waals surface area contributed by atoms with Crippen LogP contribution < -0.4 is 5.73 Å². The number of anilines is 1. The summed E-state index contributed by atoms with van der Waals surface area (Å²) in [4.78, 5) is 7.99. The van der Waals surface area contributed by atoms with Crippen molar-refractivity contribution < 1.29 is 0 Å². The highest BCUT2D eigenvalue weighted by molar-refractivity contribution is 6.66. The fourth-order valence-corrected chi connectivity index (χ4v) is 1.77. The van der Waals surface area contributed by atoms with Crippen LogP contribution in [0.15, 0.2) is 30.3 Å². The van der Waals surface area contributed by atoms with Crippen molar-refractivity contribution in [3.05, 3.63) is 41.7 Å². The first-order valence-electron chi connectivity index (χ1n) is 5.13. The van der Waals surface area contributed by atoms with Crippen LogP contribution in [0.2, 0.25) is 0 Å². The van der Waals surface area contributed by atoms with Gasteiger partial charge in [-0.3, -0.25) is 0 Å². The molecule has 0 aliphatic carbocycles. The lowest BCUT2D eigenvalue weighted by atomic mass is 10.1. The van der Waals surface area contributed by atoms with Gasteiger partial charge in [0.1, 0.15) is 17.5 Å². The van der Waals surface area contributed by atoms with Crippen molar-refractivity contribution in [1.29, 1.82) is 5.26 Å². The standard InChI is InChI=1S/C12H7Cl3N4/c13-12(14,15)11-18-9(7-4-2-1-3-5-7)8(6-16)10(17)19-11/h1-5H,(H2,17,18,19). The van der Waals surface area contributed by atoms with Crippen LogP contribution in [0.3, 0.4) is 0 Å². The van der Waals surface area contributed by atoms with Crippen molar-refractivity contribution in [3.63, 3.8) is 0 Å². The van der Waals surface area contributed by atoms with E-state index in [2.05, 4.69) is 9.97 Å². The van der Waals surface area contributed by atoms with Crippen molar-refractivity contribution in [2.45, 2.75) is 3.79 Å². The number of nitriles is 1. The number of halogens is 3. The topological polar surface area (TPSA) is 75.6 Å². The smallest absolute Gasteiger partial charge is 0.250 e. The average molecular weight is 314 g/mol. The van der Waals surface area contributed by atoms with Gasteiger partial charge in [0.05, 0.1) is 5.69 Å². The zero-order chi connectivity index (χ0) is 14.0. The lowest BCUT2D eigenvalue weighted by Crippen LogP contribution is -2.12. The van der Waals surface area contributed by atoms with E-state index in [0.29, 0.717) is 11.3 Å². The first-order valence-corrected chi connectivity index (χ1v) is 6.27. The van der Waals surface area contributed by atoms with E-state index in [1.54, 1.807) is 12.1 Å². The van der Waals surface area contributed by atoms with Crippen LogP contribution in [0.1, 0.15) is 11.4 Å². The molecule has 2 aromatic rings. The van der Waals surface area contributed by atoms with E-state index in [9.17, 15) is 0 Å². The van der Waals surface area contributed by atoms with Crippen LogP contribution in [0.25, 0.3) is 11.3 Å². The molecule has 2 N–H and O–H groups in total. The Hall–Kier alpha value is -1.54. The summed E-state index contributed by atoms with van der Waals surface area (Å²) < 4.78 is -1.80. The van der Waals surface area contributed by atoms with Crippen molar-refractivity contribution in [3.8, 4) is 17.3 Å². The second kappa shape index (κ2) is 5.22. The number of nitrogen functional groups attached to an aromatic ring is 1. The van der Waals surface area contributed by atoms with Gasteiger partial charge in [-0.15, -0.1) is 0 Å². The van der Waals surface area contributed by atoms with E-state index in [-0.39, 0.29) is 17.2 Å². The number of alkyl halides is 3. The zero-order valence-electron chi connectivity index (χ0n) is 9.44. The summed E-state index contributed by atoms with van der Waals surface area (Å²) in [5, 5.41) is 9.15. The molecule has 0 atom stereocenters. The molecule has 0 aliphatic rings. The second-order valence-electron chi connectivity index (χ2n) is 3.63. The molecule has 0 saturated heterocycles. The molecule has 0 radical (unpaired) electrons. The number of hydrogen-bond acceptors (Lipinski definition) is 4. The van der Waals surface area contributed by atoms with Crippen LogP contribution >= 0.6 is 34.8 Å². The Balaban J connectivity index is 2.72. The van der Waals surface area contributed by atoms with E-state index in [1.807, 2.05) is 24.3 Å². The summed E-state index contributed by atoms with van der Waals surface area (Å²) >= 11 is 17.3. The minimum Gasteiger partial charge on any atom is -0.382 e. The van der Waals surface area contributed by atoms with Crippen LogP contribution in [-0.4, -0.2) is 9.97 Å². The molecule has 4 nitrogen and oxygen atoms in total. The van der Waals surface area contributed by atoms with Gasteiger partial charge in [-0.25, -0.2) is 9.97 Å². The number of hydrogen-bond donors (Lipinski definition) is 1. The van der Waals surface area contributed by atoms with Crippen LogP contribution in [0, 0.1) is 11.3 Å². The summed E-state index contributed by atoms with van der Waals surface area (Å²) in [5.41, 5.74) is 6.92. The highest BCUT2D eigenvalue weighted by Crippen LogP contribution is 2.38. The highest BCUT2D eigenvalue weighted by atomic mass is 35.6. The van der Waals surface area contributed by atoms with Gasteiger partial charge in [-0.1, -0.05) is 65.1 Å². The normalized spacial score (nSPS) is 11.1. The predicted octanol–water partition coefficient (Wildman–Crippen LogP) is 3.42. The number of rotatable bonds is 1. The minimum atomic E-state index is -1.80. The average Bonchev–Trinajstić information content (AvgIpc) is 2.37. The van der Waals surface area contributed by atoms with E-state index in [0.717, 1.165) is 0 Å². The summed E-state index contributed by atoms with van der Waals surface area (Å²) in [6, 6.07) is 11.0. The van der Waals surface area contributed by atoms with E-state index in [1.165, 1.54) is 0 Å². The Morgan fingerprint density at radius 3 is 2.26 bits per heavy atom. The van der Waals surface area contributed by atoms with E-state index < -0.39 is 3.79 Å². The molecule has 2 rings (SSSR count). The molecule has 7 heteroatoms. The van der Waals surface area contributed by atoms with Gasteiger partial charge in [-0.2, -0.15) is 5.26 Å². The number of benzene rings is 1. The molecule has 0 fully saturated rings. The van der Waals surface area contributed by atoms with Gasteiger partial charge in [0.2, 0.25) is 3.79 Å². The SMILES string of the molecule is N#Cc1c(N)nc(C(Cl)(Cl)Cl)nc1-c1ccccc1. The zero-order valence-corrected chi connectivity index (χ0v) is 11.7. The molecule has 0 spiro atoms. The minimum absolute atomic E-state index is 0.0160. The molecule has 0 bridgehead atoms. The lowest BCUT2D eigenvalue weighted by molar-refractivity contribution is 0.975. The van der Waals surface area contributed by atoms with E-state index >= 15 is 0 Å². The monoisotopic (exact) mass is 312 g/mol. The Bertz CT molecular complexity index is 645. The fraction of sp³-hybridized carbons (Fsp3) is 0.0833. The molecule has 0 unspecified atom stereocenters. The Morgan fingerprint density at radius 2 is 1.74 bits per heavy atom. The highest BCUT2D eigenvalue weighted by Gasteiger charge is 2.29. The molecule has 0 amide bonds. The van der Waals surface area contributed by atoms with Crippen molar-refractivity contribution in [2.75, 3.05) is 5.73 Å². The maximum atomic E-state index is 9.15. The van der Waals surface area contributed by atoms with Crippen molar-refractivity contribution in [2.24, 2.45) is 0 Å². The third-order valence-electron chi connectivity index (χ3n) is 2.35. The summed E-state index contributed by atoms with van der Waals surface area (Å²) in [6.07, 6.45) is 0. The van der Waals surface area contributed by atoms with Gasteiger partial charge in [0, 0.05) is 5.56 Å². The summed E-state index contributed by atoms with van der Waals surface area (Å²) in [7, 11) is 0. The van der Waals surface area contributed by atoms with Crippen LogP contribution in [0.5, 0.6) is 0 Å².